The lowest BCUT2D eigenvalue weighted by Gasteiger charge is -2.02. The van der Waals surface area contributed by atoms with E-state index in [0.717, 1.165) is 33.8 Å². The summed E-state index contributed by atoms with van der Waals surface area (Å²) in [4.78, 5) is 4.30. The van der Waals surface area contributed by atoms with Crippen molar-refractivity contribution < 1.29 is 4.42 Å². The van der Waals surface area contributed by atoms with E-state index in [-0.39, 0.29) is 0 Å². The number of rotatable bonds is 4. The molecule has 5 nitrogen and oxygen atoms in total. The van der Waals surface area contributed by atoms with Crippen molar-refractivity contribution in [1.82, 2.24) is 19.7 Å². The van der Waals surface area contributed by atoms with Crippen LogP contribution >= 0.6 is 11.8 Å². The van der Waals surface area contributed by atoms with E-state index in [2.05, 4.69) is 15.2 Å². The minimum absolute atomic E-state index is 0.775. The predicted molar refractivity (Wildman–Crippen MR) is 77.2 cm³/mol. The normalized spacial score (nSPS) is 10.9. The molecule has 0 N–H and O–H groups in total. The van der Waals surface area contributed by atoms with Crippen LogP contribution in [0.2, 0.25) is 0 Å². The summed E-state index contributed by atoms with van der Waals surface area (Å²) in [6.07, 6.45) is 3.47. The maximum absolute atomic E-state index is 5.31. The molecule has 6 heteroatoms. The highest BCUT2D eigenvalue weighted by molar-refractivity contribution is 7.98. The van der Waals surface area contributed by atoms with Crippen molar-refractivity contribution in [2.45, 2.75) is 17.8 Å². The van der Waals surface area contributed by atoms with E-state index >= 15 is 0 Å². The molecule has 3 aromatic heterocycles. The Kier molecular flexibility index (Phi) is 3.56. The van der Waals surface area contributed by atoms with Crippen LogP contribution in [-0.2, 0) is 12.8 Å². The van der Waals surface area contributed by atoms with Crippen molar-refractivity contribution in [3.8, 4) is 11.4 Å². The summed E-state index contributed by atoms with van der Waals surface area (Å²) in [5, 5.41) is 9.34. The summed E-state index contributed by atoms with van der Waals surface area (Å²) in [7, 11) is 1.96. The number of hydrogen-bond acceptors (Lipinski definition) is 5. The van der Waals surface area contributed by atoms with Crippen LogP contribution in [0.1, 0.15) is 11.5 Å². The van der Waals surface area contributed by atoms with Gasteiger partial charge in [0, 0.05) is 19.0 Å². The van der Waals surface area contributed by atoms with Crippen molar-refractivity contribution in [1.29, 1.82) is 0 Å². The molecule has 0 aliphatic heterocycles. The monoisotopic (exact) mass is 286 g/mol. The number of thioether (sulfide) groups is 1. The third-order valence-corrected chi connectivity index (χ3v) is 4.06. The quantitative estimate of drug-likeness (QED) is 0.690. The van der Waals surface area contributed by atoms with Gasteiger partial charge in [-0.3, -0.25) is 4.98 Å². The predicted octanol–water partition coefficient (Wildman–Crippen LogP) is 3.07. The molecule has 0 atom stereocenters. The lowest BCUT2D eigenvalue weighted by Crippen LogP contribution is -1.95. The molecule has 0 unspecified atom stereocenters. The molecule has 0 saturated carbocycles. The molecule has 20 heavy (non-hydrogen) atoms. The average molecular weight is 286 g/mol. The minimum Gasteiger partial charge on any atom is -0.469 e. The van der Waals surface area contributed by atoms with Crippen LogP contribution in [0.25, 0.3) is 11.4 Å². The molecule has 3 rings (SSSR count). The van der Waals surface area contributed by atoms with Crippen molar-refractivity contribution >= 4 is 11.8 Å². The molecule has 0 radical (unpaired) electrons. The van der Waals surface area contributed by atoms with Crippen LogP contribution < -0.4 is 0 Å². The van der Waals surface area contributed by atoms with E-state index in [4.69, 9.17) is 4.42 Å². The number of pyridine rings is 1. The van der Waals surface area contributed by atoms with E-state index in [1.54, 1.807) is 24.2 Å². The van der Waals surface area contributed by atoms with Gasteiger partial charge in [0.2, 0.25) is 0 Å². The van der Waals surface area contributed by atoms with Crippen LogP contribution in [-0.4, -0.2) is 19.7 Å². The first kappa shape index (κ1) is 12.9. The lowest BCUT2D eigenvalue weighted by atomic mass is 10.2. The summed E-state index contributed by atoms with van der Waals surface area (Å²) in [5.41, 5.74) is 2.01. The second-order valence-corrected chi connectivity index (χ2v) is 5.31. The number of furan rings is 1. The molecule has 0 fully saturated rings. The molecular weight excluding hydrogens is 272 g/mol. The molecule has 0 aliphatic rings. The maximum atomic E-state index is 5.31. The Morgan fingerprint density at radius 2 is 2.15 bits per heavy atom. The van der Waals surface area contributed by atoms with Gasteiger partial charge in [-0.05, 0) is 25.1 Å². The SMILES string of the molecule is Cc1occc1-c1nnc(SCc2ccccn2)n1C. The fourth-order valence-corrected chi connectivity index (χ4v) is 2.74. The summed E-state index contributed by atoms with van der Waals surface area (Å²) in [6.45, 7) is 1.92. The van der Waals surface area contributed by atoms with E-state index in [9.17, 15) is 0 Å². The van der Waals surface area contributed by atoms with Crippen molar-refractivity contribution in [3.63, 3.8) is 0 Å². The highest BCUT2D eigenvalue weighted by Crippen LogP contribution is 2.26. The Morgan fingerprint density at radius 3 is 2.85 bits per heavy atom. The zero-order valence-electron chi connectivity index (χ0n) is 11.3. The van der Waals surface area contributed by atoms with Gasteiger partial charge in [-0.15, -0.1) is 10.2 Å². The molecule has 0 amide bonds. The second-order valence-electron chi connectivity index (χ2n) is 4.37. The Morgan fingerprint density at radius 1 is 1.25 bits per heavy atom. The third-order valence-electron chi connectivity index (χ3n) is 3.01. The summed E-state index contributed by atoms with van der Waals surface area (Å²) < 4.78 is 7.29. The topological polar surface area (TPSA) is 56.7 Å². The Bertz CT molecular complexity index is 705. The fraction of sp³-hybridized carbons (Fsp3) is 0.214. The van der Waals surface area contributed by atoms with Gasteiger partial charge in [-0.25, -0.2) is 0 Å². The highest BCUT2D eigenvalue weighted by atomic mass is 32.2. The van der Waals surface area contributed by atoms with Crippen molar-refractivity contribution in [3.05, 3.63) is 48.2 Å². The smallest absolute Gasteiger partial charge is 0.191 e. The van der Waals surface area contributed by atoms with Gasteiger partial charge in [-0.2, -0.15) is 0 Å². The van der Waals surface area contributed by atoms with E-state index < -0.39 is 0 Å². The van der Waals surface area contributed by atoms with Crippen LogP contribution in [0.15, 0.2) is 46.3 Å². The molecule has 3 aromatic rings. The number of hydrogen-bond donors (Lipinski definition) is 0. The Hall–Kier alpha value is -2.08. The van der Waals surface area contributed by atoms with E-state index in [1.807, 2.05) is 42.8 Å². The highest BCUT2D eigenvalue weighted by Gasteiger charge is 2.14. The zero-order chi connectivity index (χ0) is 13.9. The first-order valence-electron chi connectivity index (χ1n) is 6.22. The number of aryl methyl sites for hydroxylation is 1. The summed E-state index contributed by atoms with van der Waals surface area (Å²) in [6, 6.07) is 7.81. The van der Waals surface area contributed by atoms with Gasteiger partial charge in [0.25, 0.3) is 0 Å². The number of aromatic nitrogens is 4. The molecule has 0 spiro atoms. The summed E-state index contributed by atoms with van der Waals surface area (Å²) in [5.74, 6) is 2.44. The standard InChI is InChI=1S/C14H14N4OS/c1-10-12(6-8-19-10)13-16-17-14(18(13)2)20-9-11-5-3-4-7-15-11/h3-8H,9H2,1-2H3. The van der Waals surface area contributed by atoms with Gasteiger partial charge in [0.15, 0.2) is 11.0 Å². The van der Waals surface area contributed by atoms with Crippen LogP contribution in [0.3, 0.4) is 0 Å². The van der Waals surface area contributed by atoms with Crippen LogP contribution in [0.5, 0.6) is 0 Å². The van der Waals surface area contributed by atoms with E-state index in [0.29, 0.717) is 0 Å². The van der Waals surface area contributed by atoms with Crippen LogP contribution in [0, 0.1) is 6.92 Å². The largest absolute Gasteiger partial charge is 0.469 e. The molecule has 0 aromatic carbocycles. The first-order chi connectivity index (χ1) is 9.75. The maximum Gasteiger partial charge on any atom is 0.191 e. The zero-order valence-corrected chi connectivity index (χ0v) is 12.1. The Balaban J connectivity index is 1.79. The fourth-order valence-electron chi connectivity index (χ4n) is 1.91. The van der Waals surface area contributed by atoms with Gasteiger partial charge >= 0.3 is 0 Å². The molecular formula is C14H14N4OS. The second kappa shape index (κ2) is 5.50. The Labute approximate surface area is 121 Å². The lowest BCUT2D eigenvalue weighted by molar-refractivity contribution is 0.534. The first-order valence-corrected chi connectivity index (χ1v) is 7.21. The van der Waals surface area contributed by atoms with Gasteiger partial charge in [-0.1, -0.05) is 17.8 Å². The van der Waals surface area contributed by atoms with Crippen molar-refractivity contribution in [2.75, 3.05) is 0 Å². The van der Waals surface area contributed by atoms with E-state index in [1.165, 1.54) is 0 Å². The molecule has 3 heterocycles. The van der Waals surface area contributed by atoms with Gasteiger partial charge < -0.3 is 8.98 Å². The molecule has 0 bridgehead atoms. The van der Waals surface area contributed by atoms with Crippen molar-refractivity contribution in [2.24, 2.45) is 7.05 Å². The molecule has 102 valence electrons. The third kappa shape index (κ3) is 2.46. The van der Waals surface area contributed by atoms with Gasteiger partial charge in [0.1, 0.15) is 5.76 Å². The van der Waals surface area contributed by atoms with Gasteiger partial charge in [0.05, 0.1) is 17.5 Å². The average Bonchev–Trinajstić information content (AvgIpc) is 3.04. The summed E-state index contributed by atoms with van der Waals surface area (Å²) >= 11 is 1.62. The number of nitrogens with zero attached hydrogens (tertiary/aromatic N) is 4. The van der Waals surface area contributed by atoms with Crippen LogP contribution in [0.4, 0.5) is 0 Å². The minimum atomic E-state index is 0.775. The molecule has 0 aliphatic carbocycles. The molecule has 0 saturated heterocycles.